The van der Waals surface area contributed by atoms with Gasteiger partial charge in [-0.2, -0.15) is 0 Å². The van der Waals surface area contributed by atoms with Gasteiger partial charge in [0.2, 0.25) is 0 Å². The molecule has 1 saturated heterocycles. The third-order valence-corrected chi connectivity index (χ3v) is 5.58. The summed E-state index contributed by atoms with van der Waals surface area (Å²) in [7, 11) is 0. The van der Waals surface area contributed by atoms with Gasteiger partial charge in [-0.3, -0.25) is 14.9 Å². The molecule has 1 aromatic heterocycles. The Labute approximate surface area is 135 Å². The Balaban J connectivity index is 2.28. The molecular weight excluding hydrogens is 300 g/mol. The van der Waals surface area contributed by atoms with Crippen molar-refractivity contribution in [1.29, 1.82) is 0 Å². The van der Waals surface area contributed by atoms with Gasteiger partial charge in [-0.05, 0) is 38.0 Å². The summed E-state index contributed by atoms with van der Waals surface area (Å²) in [6, 6.07) is 1.66. The van der Waals surface area contributed by atoms with E-state index in [1.54, 1.807) is 6.92 Å². The van der Waals surface area contributed by atoms with Gasteiger partial charge in [0.25, 0.3) is 11.6 Å². The lowest BCUT2D eigenvalue weighted by molar-refractivity contribution is -0.385. The van der Waals surface area contributed by atoms with Crippen LogP contribution in [0.15, 0.2) is 6.07 Å². The molecule has 22 heavy (non-hydrogen) atoms. The average Bonchev–Trinajstić information content (AvgIpc) is 2.72. The molecule has 2 unspecified atom stereocenters. The molecule has 0 bridgehead atoms. The molecule has 1 aliphatic rings. The van der Waals surface area contributed by atoms with Crippen LogP contribution < -0.4 is 0 Å². The molecule has 1 aliphatic heterocycles. The number of carbonyl (C=O) groups excluding carboxylic acids is 1. The lowest BCUT2D eigenvalue weighted by Crippen LogP contribution is -2.42. The maximum absolute atomic E-state index is 12.9. The summed E-state index contributed by atoms with van der Waals surface area (Å²) in [4.78, 5) is 26.5. The Morgan fingerprint density at radius 2 is 2.09 bits per heavy atom. The number of likely N-dealkylation sites (tertiary alicyclic amines) is 1. The molecule has 1 fully saturated rings. The molecule has 0 aromatic carbocycles. The molecule has 6 heteroatoms. The van der Waals surface area contributed by atoms with Gasteiger partial charge in [-0.15, -0.1) is 11.3 Å². The van der Waals surface area contributed by atoms with Crippen LogP contribution in [-0.4, -0.2) is 28.3 Å². The minimum absolute atomic E-state index is 0.0472. The fraction of sp³-hybridized carbons (Fsp3) is 0.688. The van der Waals surface area contributed by atoms with E-state index in [0.717, 1.165) is 25.8 Å². The molecule has 5 nitrogen and oxygen atoms in total. The van der Waals surface area contributed by atoms with Crippen LogP contribution in [0.3, 0.4) is 0 Å². The number of carbonyl (C=O) groups is 1. The highest BCUT2D eigenvalue weighted by Crippen LogP contribution is 2.32. The van der Waals surface area contributed by atoms with Gasteiger partial charge in [0.05, 0.1) is 14.7 Å². The zero-order valence-electron chi connectivity index (χ0n) is 13.7. The van der Waals surface area contributed by atoms with Crippen LogP contribution in [0.25, 0.3) is 0 Å². The second kappa shape index (κ2) is 6.77. The number of rotatable bonds is 3. The zero-order valence-corrected chi connectivity index (χ0v) is 14.5. The van der Waals surface area contributed by atoms with Crippen molar-refractivity contribution in [3.05, 3.63) is 25.9 Å². The standard InChI is InChI=1S/C16H24N2O3S/c1-10(2)13-6-5-11(3)7-8-17(13)16(19)15-9-14(18(20)21)12(4)22-15/h9-11,13H,5-8H2,1-4H3. The van der Waals surface area contributed by atoms with Crippen molar-refractivity contribution in [3.8, 4) is 0 Å². The molecule has 2 atom stereocenters. The number of nitro groups is 1. The van der Waals surface area contributed by atoms with Crippen LogP contribution in [0, 0.1) is 28.9 Å². The van der Waals surface area contributed by atoms with Gasteiger partial charge < -0.3 is 4.90 Å². The smallest absolute Gasteiger partial charge is 0.283 e. The van der Waals surface area contributed by atoms with Crippen LogP contribution in [0.1, 0.15) is 54.6 Å². The van der Waals surface area contributed by atoms with Crippen molar-refractivity contribution in [2.24, 2.45) is 11.8 Å². The lowest BCUT2D eigenvalue weighted by Gasteiger charge is -2.32. The maximum Gasteiger partial charge on any atom is 0.283 e. The molecule has 0 aliphatic carbocycles. The minimum atomic E-state index is -0.410. The number of thiophene rings is 1. The van der Waals surface area contributed by atoms with E-state index in [1.165, 1.54) is 17.4 Å². The van der Waals surface area contributed by atoms with Crippen LogP contribution in [0.4, 0.5) is 5.69 Å². The predicted octanol–water partition coefficient (Wildman–Crippen LogP) is 4.25. The first-order chi connectivity index (χ1) is 10.3. The summed E-state index contributed by atoms with van der Waals surface area (Å²) < 4.78 is 0. The minimum Gasteiger partial charge on any atom is -0.335 e. The van der Waals surface area contributed by atoms with Crippen LogP contribution in [0.5, 0.6) is 0 Å². The van der Waals surface area contributed by atoms with E-state index in [4.69, 9.17) is 0 Å². The van der Waals surface area contributed by atoms with Crippen molar-refractivity contribution < 1.29 is 9.72 Å². The predicted molar refractivity (Wildman–Crippen MR) is 88.4 cm³/mol. The topological polar surface area (TPSA) is 63.5 Å². The molecule has 0 N–H and O–H groups in total. The fourth-order valence-corrected chi connectivity index (χ4v) is 4.07. The largest absolute Gasteiger partial charge is 0.335 e. The van der Waals surface area contributed by atoms with Crippen molar-refractivity contribution >= 4 is 22.9 Å². The summed E-state index contributed by atoms with van der Waals surface area (Å²) in [5.74, 6) is 0.970. The fourth-order valence-electron chi connectivity index (χ4n) is 3.13. The zero-order chi connectivity index (χ0) is 16.4. The van der Waals surface area contributed by atoms with Gasteiger partial charge in [-0.1, -0.05) is 20.8 Å². The van der Waals surface area contributed by atoms with Gasteiger partial charge in [-0.25, -0.2) is 0 Å². The van der Waals surface area contributed by atoms with E-state index >= 15 is 0 Å². The second-order valence-corrected chi connectivity index (χ2v) is 7.85. The molecule has 1 amide bonds. The third-order valence-electron chi connectivity index (χ3n) is 4.55. The molecule has 2 rings (SSSR count). The highest BCUT2D eigenvalue weighted by molar-refractivity contribution is 7.14. The van der Waals surface area contributed by atoms with E-state index < -0.39 is 4.92 Å². The lowest BCUT2D eigenvalue weighted by atomic mass is 9.95. The summed E-state index contributed by atoms with van der Waals surface area (Å²) in [5, 5.41) is 11.0. The number of aryl methyl sites for hydroxylation is 1. The second-order valence-electron chi connectivity index (χ2n) is 6.59. The van der Waals surface area contributed by atoms with Gasteiger partial charge >= 0.3 is 0 Å². The Morgan fingerprint density at radius 3 is 2.64 bits per heavy atom. The maximum atomic E-state index is 12.9. The molecule has 1 aromatic rings. The Kier molecular flexibility index (Phi) is 5.21. The number of nitrogens with zero attached hydrogens (tertiary/aromatic N) is 2. The van der Waals surface area contributed by atoms with E-state index in [2.05, 4.69) is 20.8 Å². The van der Waals surface area contributed by atoms with Crippen LogP contribution in [-0.2, 0) is 0 Å². The first-order valence-corrected chi connectivity index (χ1v) is 8.68. The number of amides is 1. The summed E-state index contributed by atoms with van der Waals surface area (Å²) >= 11 is 1.23. The number of hydrogen-bond donors (Lipinski definition) is 0. The Morgan fingerprint density at radius 1 is 1.41 bits per heavy atom. The molecule has 0 saturated carbocycles. The normalized spacial score (nSPS) is 22.7. The van der Waals surface area contributed by atoms with E-state index in [-0.39, 0.29) is 17.6 Å². The van der Waals surface area contributed by atoms with Crippen molar-refractivity contribution in [1.82, 2.24) is 4.90 Å². The Hall–Kier alpha value is -1.43. The SMILES string of the molecule is Cc1sc(C(=O)N2CCC(C)CCC2C(C)C)cc1[N+](=O)[O-]. The summed E-state index contributed by atoms with van der Waals surface area (Å²) in [5.41, 5.74) is 0.0534. The van der Waals surface area contributed by atoms with Gasteiger partial charge in [0, 0.05) is 18.7 Å². The molecule has 0 radical (unpaired) electrons. The van der Waals surface area contributed by atoms with Gasteiger partial charge in [0.15, 0.2) is 0 Å². The Bertz CT molecular complexity index is 568. The molecule has 122 valence electrons. The number of hydrogen-bond acceptors (Lipinski definition) is 4. The summed E-state index contributed by atoms with van der Waals surface area (Å²) in [6.45, 7) is 8.95. The van der Waals surface area contributed by atoms with Crippen molar-refractivity contribution in [2.45, 2.75) is 53.0 Å². The van der Waals surface area contributed by atoms with E-state index in [1.807, 2.05) is 4.90 Å². The van der Waals surface area contributed by atoms with Gasteiger partial charge in [0.1, 0.15) is 0 Å². The highest BCUT2D eigenvalue weighted by Gasteiger charge is 2.32. The average molecular weight is 324 g/mol. The molecule has 0 spiro atoms. The monoisotopic (exact) mass is 324 g/mol. The first-order valence-electron chi connectivity index (χ1n) is 7.87. The van der Waals surface area contributed by atoms with Crippen molar-refractivity contribution in [2.75, 3.05) is 6.54 Å². The highest BCUT2D eigenvalue weighted by atomic mass is 32.1. The summed E-state index contributed by atoms with van der Waals surface area (Å²) in [6.07, 6.45) is 3.15. The van der Waals surface area contributed by atoms with Crippen molar-refractivity contribution in [3.63, 3.8) is 0 Å². The van der Waals surface area contributed by atoms with E-state index in [0.29, 0.717) is 21.6 Å². The quantitative estimate of drug-likeness (QED) is 0.616. The first kappa shape index (κ1) is 16.9. The third kappa shape index (κ3) is 3.48. The van der Waals surface area contributed by atoms with Crippen LogP contribution in [0.2, 0.25) is 0 Å². The van der Waals surface area contributed by atoms with E-state index in [9.17, 15) is 14.9 Å². The molecule has 2 heterocycles. The molecular formula is C16H24N2O3S. The van der Waals surface area contributed by atoms with Crippen LogP contribution >= 0.6 is 11.3 Å².